The molecule has 0 aliphatic carbocycles. The van der Waals surface area contributed by atoms with Gasteiger partial charge in [-0.1, -0.05) is 29.3 Å². The fourth-order valence-corrected chi connectivity index (χ4v) is 2.35. The van der Waals surface area contributed by atoms with Gasteiger partial charge < -0.3 is 4.74 Å². The summed E-state index contributed by atoms with van der Waals surface area (Å²) in [6.45, 7) is 0.146. The minimum Gasteiger partial charge on any atom is -0.492 e. The van der Waals surface area contributed by atoms with E-state index in [0.717, 1.165) is 0 Å². The Hall–Kier alpha value is -0.850. The van der Waals surface area contributed by atoms with Crippen molar-refractivity contribution in [2.24, 2.45) is 5.84 Å². The molecule has 0 spiro atoms. The zero-order valence-electron chi connectivity index (χ0n) is 10.7. The van der Waals surface area contributed by atoms with Gasteiger partial charge in [-0.25, -0.2) is 9.82 Å². The van der Waals surface area contributed by atoms with Gasteiger partial charge in [-0.05, 0) is 46.3 Å². The number of rotatable bonds is 5. The topological polar surface area (TPSA) is 47.3 Å². The average Bonchev–Trinajstić information content (AvgIpc) is 2.49. The second-order valence-corrected chi connectivity index (χ2v) is 5.92. The molecular weight excluding hydrogens is 382 g/mol. The molecule has 2 aromatic rings. The van der Waals surface area contributed by atoms with Crippen LogP contribution >= 0.6 is 39.1 Å². The molecular formula is C14H12BrCl2FN2O. The van der Waals surface area contributed by atoms with Gasteiger partial charge in [0, 0.05) is 15.1 Å². The van der Waals surface area contributed by atoms with Gasteiger partial charge in [-0.15, -0.1) is 0 Å². The van der Waals surface area contributed by atoms with Crippen LogP contribution in [0, 0.1) is 5.82 Å². The largest absolute Gasteiger partial charge is 0.492 e. The lowest BCUT2D eigenvalue weighted by Gasteiger charge is -2.18. The Kier molecular flexibility index (Phi) is 5.84. The lowest BCUT2D eigenvalue weighted by molar-refractivity contribution is 0.264. The molecule has 1 unspecified atom stereocenters. The highest BCUT2D eigenvalue weighted by Gasteiger charge is 2.19. The van der Waals surface area contributed by atoms with Crippen molar-refractivity contribution in [3.63, 3.8) is 0 Å². The summed E-state index contributed by atoms with van der Waals surface area (Å²) in [6.07, 6.45) is 0. The first kappa shape index (κ1) is 16.5. The summed E-state index contributed by atoms with van der Waals surface area (Å²) < 4.78 is 20.2. The van der Waals surface area contributed by atoms with Crippen molar-refractivity contribution >= 4 is 39.1 Å². The number of hydrogen-bond donors (Lipinski definition) is 2. The van der Waals surface area contributed by atoms with Crippen LogP contribution in [0.5, 0.6) is 5.75 Å². The molecule has 112 valence electrons. The maximum atomic E-state index is 14.1. The number of nitrogens with two attached hydrogens (primary N) is 1. The zero-order chi connectivity index (χ0) is 15.4. The lowest BCUT2D eigenvalue weighted by atomic mass is 10.1. The summed E-state index contributed by atoms with van der Waals surface area (Å²) in [4.78, 5) is 0. The summed E-state index contributed by atoms with van der Waals surface area (Å²) in [7, 11) is 0. The maximum absolute atomic E-state index is 14.1. The van der Waals surface area contributed by atoms with Crippen LogP contribution in [-0.4, -0.2) is 6.61 Å². The Morgan fingerprint density at radius 2 is 1.86 bits per heavy atom. The smallest absolute Gasteiger partial charge is 0.147 e. The molecule has 0 aromatic heterocycles. The van der Waals surface area contributed by atoms with Crippen LogP contribution in [0.2, 0.25) is 10.0 Å². The van der Waals surface area contributed by atoms with Crippen molar-refractivity contribution in [2.45, 2.75) is 6.04 Å². The summed E-state index contributed by atoms with van der Waals surface area (Å²) >= 11 is 14.8. The molecule has 0 amide bonds. The van der Waals surface area contributed by atoms with Crippen molar-refractivity contribution in [3.8, 4) is 5.75 Å². The lowest BCUT2D eigenvalue weighted by Crippen LogP contribution is -2.33. The summed E-state index contributed by atoms with van der Waals surface area (Å²) in [5, 5.41) is 0.626. The van der Waals surface area contributed by atoms with E-state index >= 15 is 0 Å². The molecule has 0 aliphatic heterocycles. The Balaban J connectivity index is 2.13. The fourth-order valence-electron chi connectivity index (χ4n) is 1.75. The van der Waals surface area contributed by atoms with E-state index in [-0.39, 0.29) is 11.6 Å². The SMILES string of the molecule is NNC(COc1ccc(Cl)cc1)c1ccc(Br)c(Cl)c1F. The van der Waals surface area contributed by atoms with Gasteiger partial charge in [0.2, 0.25) is 0 Å². The molecule has 2 aromatic carbocycles. The zero-order valence-corrected chi connectivity index (χ0v) is 13.8. The molecule has 0 radical (unpaired) electrons. The number of ether oxygens (including phenoxy) is 1. The van der Waals surface area contributed by atoms with Crippen LogP contribution in [0.25, 0.3) is 0 Å². The molecule has 0 saturated heterocycles. The molecule has 0 fully saturated rings. The highest BCUT2D eigenvalue weighted by atomic mass is 79.9. The Labute approximate surface area is 140 Å². The van der Waals surface area contributed by atoms with Crippen LogP contribution in [0.4, 0.5) is 4.39 Å². The molecule has 0 aliphatic rings. The van der Waals surface area contributed by atoms with Gasteiger partial charge in [0.15, 0.2) is 0 Å². The van der Waals surface area contributed by atoms with Gasteiger partial charge >= 0.3 is 0 Å². The highest BCUT2D eigenvalue weighted by molar-refractivity contribution is 9.10. The summed E-state index contributed by atoms with van der Waals surface area (Å²) in [5.74, 6) is 5.56. The molecule has 0 heterocycles. The van der Waals surface area contributed by atoms with Crippen molar-refractivity contribution in [1.82, 2.24) is 5.43 Å². The minimum absolute atomic E-state index is 0.0132. The van der Waals surface area contributed by atoms with Crippen LogP contribution in [0.3, 0.4) is 0 Å². The van der Waals surface area contributed by atoms with Crippen molar-refractivity contribution in [2.75, 3.05) is 6.61 Å². The molecule has 0 bridgehead atoms. The third-order valence-corrected chi connectivity index (χ3v) is 4.38. The quantitative estimate of drug-likeness (QED) is 0.447. The van der Waals surface area contributed by atoms with Crippen molar-refractivity contribution in [3.05, 3.63) is 62.3 Å². The van der Waals surface area contributed by atoms with E-state index in [1.54, 1.807) is 36.4 Å². The number of benzene rings is 2. The normalized spacial score (nSPS) is 12.2. The molecule has 3 nitrogen and oxygen atoms in total. The highest BCUT2D eigenvalue weighted by Crippen LogP contribution is 2.30. The first-order valence-corrected chi connectivity index (χ1v) is 7.55. The summed E-state index contributed by atoms with van der Waals surface area (Å²) in [5.41, 5.74) is 2.86. The van der Waals surface area contributed by atoms with Gasteiger partial charge in [-0.2, -0.15) is 0 Å². The van der Waals surface area contributed by atoms with Gasteiger partial charge in [0.1, 0.15) is 18.2 Å². The standard InChI is InChI=1S/C14H12BrCl2FN2O/c15-11-6-5-10(14(18)13(11)17)12(20-19)7-21-9-3-1-8(16)2-4-9/h1-6,12,20H,7,19H2. The maximum Gasteiger partial charge on any atom is 0.147 e. The molecule has 2 rings (SSSR count). The van der Waals surface area contributed by atoms with Crippen LogP contribution in [0.1, 0.15) is 11.6 Å². The van der Waals surface area contributed by atoms with E-state index in [4.69, 9.17) is 33.8 Å². The third kappa shape index (κ3) is 4.08. The second-order valence-electron chi connectivity index (χ2n) is 4.25. The second kappa shape index (κ2) is 7.42. The number of nitrogens with one attached hydrogen (secondary N) is 1. The monoisotopic (exact) mass is 392 g/mol. The van der Waals surface area contributed by atoms with E-state index in [0.29, 0.717) is 20.8 Å². The molecule has 3 N–H and O–H groups in total. The average molecular weight is 394 g/mol. The first-order valence-electron chi connectivity index (χ1n) is 6.01. The van der Waals surface area contributed by atoms with Crippen LogP contribution < -0.4 is 16.0 Å². The van der Waals surface area contributed by atoms with E-state index in [1.807, 2.05) is 0 Å². The first-order chi connectivity index (χ1) is 10.0. The van der Waals surface area contributed by atoms with E-state index in [1.165, 1.54) is 0 Å². The molecule has 7 heteroatoms. The number of hydrazine groups is 1. The predicted molar refractivity (Wildman–Crippen MR) is 86.1 cm³/mol. The van der Waals surface area contributed by atoms with Crippen LogP contribution in [0.15, 0.2) is 40.9 Å². The predicted octanol–water partition coefficient (Wildman–Crippen LogP) is 4.48. The number of hydrogen-bond acceptors (Lipinski definition) is 3. The van der Waals surface area contributed by atoms with E-state index in [2.05, 4.69) is 21.4 Å². The van der Waals surface area contributed by atoms with Crippen molar-refractivity contribution < 1.29 is 9.13 Å². The van der Waals surface area contributed by atoms with Crippen LogP contribution in [-0.2, 0) is 0 Å². The van der Waals surface area contributed by atoms with Crippen molar-refractivity contribution in [1.29, 1.82) is 0 Å². The van der Waals surface area contributed by atoms with Gasteiger partial charge in [-0.3, -0.25) is 5.84 Å². The molecule has 1 atom stereocenters. The Morgan fingerprint density at radius 1 is 1.19 bits per heavy atom. The fraction of sp³-hybridized carbons (Fsp3) is 0.143. The number of halogens is 4. The minimum atomic E-state index is -0.536. The summed E-state index contributed by atoms with van der Waals surface area (Å²) in [6, 6.07) is 9.58. The Bertz CT molecular complexity index is 625. The third-order valence-electron chi connectivity index (χ3n) is 2.87. The Morgan fingerprint density at radius 3 is 2.48 bits per heavy atom. The van der Waals surface area contributed by atoms with Gasteiger partial charge in [0.05, 0.1) is 11.1 Å². The van der Waals surface area contributed by atoms with E-state index < -0.39 is 11.9 Å². The molecule has 21 heavy (non-hydrogen) atoms. The molecule has 0 saturated carbocycles. The van der Waals surface area contributed by atoms with E-state index in [9.17, 15) is 4.39 Å². The van der Waals surface area contributed by atoms with Gasteiger partial charge in [0.25, 0.3) is 0 Å².